The predicted molar refractivity (Wildman–Crippen MR) is 120 cm³/mol. The molecule has 11 heteroatoms. The molecule has 1 heterocycles. The van der Waals surface area contributed by atoms with Crippen molar-refractivity contribution in [2.75, 3.05) is 6.54 Å². The van der Waals surface area contributed by atoms with E-state index in [0.717, 1.165) is 23.3 Å². The van der Waals surface area contributed by atoms with Crippen molar-refractivity contribution in [1.29, 1.82) is 0 Å². The second kappa shape index (κ2) is 11.1. The lowest BCUT2D eigenvalue weighted by molar-refractivity contribution is -0.138. The highest BCUT2D eigenvalue weighted by Gasteiger charge is 2.33. The Kier molecular flexibility index (Phi) is 8.77. The highest BCUT2D eigenvalue weighted by molar-refractivity contribution is 14.0. The van der Waals surface area contributed by atoms with Crippen molar-refractivity contribution in [3.8, 4) is 11.4 Å². The summed E-state index contributed by atoms with van der Waals surface area (Å²) in [6, 6.07) is 10.1. The van der Waals surface area contributed by atoms with Gasteiger partial charge in [0.1, 0.15) is 12.1 Å². The Hall–Kier alpha value is -2.70. The van der Waals surface area contributed by atoms with Crippen molar-refractivity contribution < 1.29 is 17.6 Å². The summed E-state index contributed by atoms with van der Waals surface area (Å²) in [7, 11) is 0. The molecule has 0 unspecified atom stereocenters. The van der Waals surface area contributed by atoms with E-state index in [1.165, 1.54) is 6.33 Å². The lowest BCUT2D eigenvalue weighted by Gasteiger charge is -2.16. The Labute approximate surface area is 193 Å². The van der Waals surface area contributed by atoms with E-state index in [9.17, 15) is 17.6 Å². The quantitative estimate of drug-likeness (QED) is 0.184. The van der Waals surface area contributed by atoms with Crippen LogP contribution in [0.3, 0.4) is 0 Å². The van der Waals surface area contributed by atoms with Gasteiger partial charge in [0.05, 0.1) is 12.1 Å². The molecule has 0 fully saturated rings. The molecule has 0 atom stereocenters. The van der Waals surface area contributed by atoms with Crippen molar-refractivity contribution >= 4 is 29.9 Å². The van der Waals surface area contributed by atoms with Gasteiger partial charge in [0.15, 0.2) is 11.8 Å². The van der Waals surface area contributed by atoms with E-state index in [1.54, 1.807) is 0 Å². The number of aliphatic imine (C=N–C) groups is 1. The molecule has 0 bridgehead atoms. The molecule has 0 aliphatic carbocycles. The molecule has 166 valence electrons. The number of aromatic nitrogens is 3. The monoisotopic (exact) mass is 548 g/mol. The number of halogens is 5. The molecule has 0 radical (unpaired) electrons. The number of hydrogen-bond donors (Lipinski definition) is 3. The number of nitrogens with zero attached hydrogens (tertiary/aromatic N) is 3. The van der Waals surface area contributed by atoms with Gasteiger partial charge in [-0.1, -0.05) is 24.3 Å². The minimum absolute atomic E-state index is 0. The third-order valence-electron chi connectivity index (χ3n) is 4.20. The fourth-order valence-corrected chi connectivity index (χ4v) is 2.82. The maximum absolute atomic E-state index is 13.3. The van der Waals surface area contributed by atoms with Gasteiger partial charge in [-0.2, -0.15) is 18.3 Å². The Morgan fingerprint density at radius 1 is 1.13 bits per heavy atom. The molecule has 0 aliphatic rings. The highest BCUT2D eigenvalue weighted by Crippen LogP contribution is 2.32. The zero-order valence-corrected chi connectivity index (χ0v) is 18.8. The van der Waals surface area contributed by atoms with Crippen molar-refractivity contribution in [3.05, 3.63) is 71.3 Å². The van der Waals surface area contributed by atoms with Crippen LogP contribution in [0.25, 0.3) is 11.4 Å². The van der Waals surface area contributed by atoms with E-state index in [1.807, 2.05) is 31.2 Å². The average Bonchev–Trinajstić information content (AvgIpc) is 3.25. The summed E-state index contributed by atoms with van der Waals surface area (Å²) in [5, 5.41) is 12.5. The third-order valence-corrected chi connectivity index (χ3v) is 4.20. The van der Waals surface area contributed by atoms with Crippen LogP contribution in [0.4, 0.5) is 17.6 Å². The third kappa shape index (κ3) is 6.91. The zero-order chi connectivity index (χ0) is 21.6. The molecular weight excluding hydrogens is 527 g/mol. The Morgan fingerprint density at radius 3 is 2.61 bits per heavy atom. The van der Waals surface area contributed by atoms with Crippen molar-refractivity contribution in [3.63, 3.8) is 0 Å². The number of alkyl halides is 3. The second-order valence-corrected chi connectivity index (χ2v) is 6.38. The van der Waals surface area contributed by atoms with E-state index in [0.29, 0.717) is 30.9 Å². The molecule has 3 N–H and O–H groups in total. The predicted octanol–water partition coefficient (Wildman–Crippen LogP) is 4.50. The van der Waals surface area contributed by atoms with Crippen LogP contribution in [0.15, 0.2) is 53.8 Å². The van der Waals surface area contributed by atoms with Crippen LogP contribution in [0.1, 0.15) is 23.6 Å². The molecule has 6 nitrogen and oxygen atoms in total. The average molecular weight is 548 g/mol. The van der Waals surface area contributed by atoms with Gasteiger partial charge in [-0.3, -0.25) is 5.10 Å². The van der Waals surface area contributed by atoms with E-state index in [-0.39, 0.29) is 36.1 Å². The zero-order valence-electron chi connectivity index (χ0n) is 16.5. The Morgan fingerprint density at radius 2 is 1.94 bits per heavy atom. The number of rotatable bonds is 6. The summed E-state index contributed by atoms with van der Waals surface area (Å²) in [4.78, 5) is 8.53. The van der Waals surface area contributed by atoms with E-state index >= 15 is 0 Å². The first-order chi connectivity index (χ1) is 14.4. The summed E-state index contributed by atoms with van der Waals surface area (Å²) >= 11 is 0. The molecule has 3 aromatic rings. The van der Waals surface area contributed by atoms with E-state index < -0.39 is 17.6 Å². The maximum Gasteiger partial charge on any atom is 0.416 e. The van der Waals surface area contributed by atoms with Crippen LogP contribution in [0, 0.1) is 5.82 Å². The number of H-pyrrole nitrogens is 1. The highest BCUT2D eigenvalue weighted by atomic mass is 127. The molecule has 0 saturated heterocycles. The van der Waals surface area contributed by atoms with E-state index in [2.05, 4.69) is 30.8 Å². The normalized spacial score (nSPS) is 11.7. The lowest BCUT2D eigenvalue weighted by atomic mass is 10.1. The first kappa shape index (κ1) is 24.6. The number of benzene rings is 2. The van der Waals surface area contributed by atoms with Crippen LogP contribution in [-0.4, -0.2) is 27.7 Å². The Balaban J connectivity index is 0.00000341. The molecule has 1 aromatic heterocycles. The summed E-state index contributed by atoms with van der Waals surface area (Å²) in [6.07, 6.45) is -3.23. The van der Waals surface area contributed by atoms with Gasteiger partial charge in [-0.15, -0.1) is 24.0 Å². The lowest BCUT2D eigenvalue weighted by Crippen LogP contribution is -2.37. The molecule has 2 aromatic carbocycles. The SMILES string of the molecule is CCNC(=NCc1cccc(-c2ncn[nH]2)c1)NCc1ccc(F)cc1C(F)(F)F.I. The fourth-order valence-electron chi connectivity index (χ4n) is 2.82. The van der Waals surface area contributed by atoms with Gasteiger partial charge < -0.3 is 10.6 Å². The van der Waals surface area contributed by atoms with Gasteiger partial charge >= 0.3 is 6.18 Å². The molecular formula is C20H21F4IN6. The van der Waals surface area contributed by atoms with Crippen molar-refractivity contribution in [2.45, 2.75) is 26.2 Å². The number of aromatic amines is 1. The summed E-state index contributed by atoms with van der Waals surface area (Å²) in [5.74, 6) is 0.0418. The number of nitrogens with one attached hydrogen (secondary N) is 3. The number of guanidine groups is 1. The molecule has 0 aliphatic heterocycles. The first-order valence-electron chi connectivity index (χ1n) is 9.19. The summed E-state index contributed by atoms with van der Waals surface area (Å²) in [5.41, 5.74) is 0.658. The van der Waals surface area contributed by atoms with Gasteiger partial charge in [0.2, 0.25) is 0 Å². The largest absolute Gasteiger partial charge is 0.416 e. The van der Waals surface area contributed by atoms with Gasteiger partial charge in [-0.25, -0.2) is 14.4 Å². The van der Waals surface area contributed by atoms with Crippen molar-refractivity contribution in [2.24, 2.45) is 4.99 Å². The standard InChI is InChI=1S/C20H20F4N6.HI/c1-2-25-19(27-11-15-6-7-16(21)9-17(15)20(22,23)24)26-10-13-4-3-5-14(8-13)18-28-12-29-30-18;/h3-9,12H,2,10-11H2,1H3,(H2,25,26,27)(H,28,29,30);1H. The van der Waals surface area contributed by atoms with Crippen LogP contribution >= 0.6 is 24.0 Å². The van der Waals surface area contributed by atoms with Gasteiger partial charge in [0.25, 0.3) is 0 Å². The molecule has 0 saturated carbocycles. The smallest absolute Gasteiger partial charge is 0.357 e. The Bertz CT molecular complexity index is 1010. The van der Waals surface area contributed by atoms with Crippen molar-refractivity contribution in [1.82, 2.24) is 25.8 Å². The maximum atomic E-state index is 13.3. The second-order valence-electron chi connectivity index (χ2n) is 6.38. The van der Waals surface area contributed by atoms with Crippen LogP contribution in [-0.2, 0) is 19.3 Å². The minimum atomic E-state index is -4.64. The van der Waals surface area contributed by atoms with Crippen LogP contribution < -0.4 is 10.6 Å². The summed E-state index contributed by atoms with van der Waals surface area (Å²) in [6.45, 7) is 2.52. The molecule has 31 heavy (non-hydrogen) atoms. The topological polar surface area (TPSA) is 78.0 Å². The molecule has 0 amide bonds. The number of hydrogen-bond acceptors (Lipinski definition) is 3. The van der Waals surface area contributed by atoms with Crippen LogP contribution in [0.5, 0.6) is 0 Å². The molecule has 3 rings (SSSR count). The minimum Gasteiger partial charge on any atom is -0.357 e. The van der Waals surface area contributed by atoms with Gasteiger partial charge in [-0.05, 0) is 36.2 Å². The first-order valence-corrected chi connectivity index (χ1v) is 9.19. The summed E-state index contributed by atoms with van der Waals surface area (Å²) < 4.78 is 52.8. The fraction of sp³-hybridized carbons (Fsp3) is 0.250. The molecule has 0 spiro atoms. The van der Waals surface area contributed by atoms with Gasteiger partial charge in [0, 0.05) is 18.7 Å². The van der Waals surface area contributed by atoms with Crippen LogP contribution in [0.2, 0.25) is 0 Å². The van der Waals surface area contributed by atoms with E-state index in [4.69, 9.17) is 0 Å².